The molecule has 6 nitrogen and oxygen atoms in total. The van der Waals surface area contributed by atoms with Crippen molar-refractivity contribution >= 4 is 28.2 Å². The number of anilines is 2. The molecular formula is C27H30F3N5O. The molecule has 0 saturated carbocycles. The molecule has 2 aliphatic heterocycles. The molecule has 1 unspecified atom stereocenters. The zero-order chi connectivity index (χ0) is 25.9. The number of aromatic nitrogens is 2. The van der Waals surface area contributed by atoms with Gasteiger partial charge in [-0.2, -0.15) is 5.10 Å². The number of alkyl halides is 2. The van der Waals surface area contributed by atoms with Crippen molar-refractivity contribution in [3.05, 3.63) is 58.5 Å². The number of hydrogen-bond acceptors (Lipinski definition) is 5. The second-order valence-electron chi connectivity index (χ2n) is 10.6. The zero-order valence-corrected chi connectivity index (χ0v) is 21.1. The molecule has 2 aromatic carbocycles. The summed E-state index contributed by atoms with van der Waals surface area (Å²) >= 11 is 0. The van der Waals surface area contributed by atoms with Gasteiger partial charge in [0.25, 0.3) is 6.43 Å². The predicted molar refractivity (Wildman–Crippen MR) is 134 cm³/mol. The van der Waals surface area contributed by atoms with Gasteiger partial charge < -0.3 is 15.1 Å². The maximum Gasteiger partial charge on any atom is 0.266 e. The van der Waals surface area contributed by atoms with Crippen LogP contribution >= 0.6 is 0 Å². The Balaban J connectivity index is 1.56. The van der Waals surface area contributed by atoms with Gasteiger partial charge in [-0.15, -0.1) is 5.10 Å². The van der Waals surface area contributed by atoms with Crippen LogP contribution in [0.25, 0.3) is 10.8 Å². The van der Waals surface area contributed by atoms with Gasteiger partial charge in [-0.1, -0.05) is 18.2 Å². The first-order valence-electron chi connectivity index (χ1n) is 12.1. The van der Waals surface area contributed by atoms with Gasteiger partial charge in [-0.3, -0.25) is 4.79 Å². The summed E-state index contributed by atoms with van der Waals surface area (Å²) in [6, 6.07) is 7.33. The van der Waals surface area contributed by atoms with Gasteiger partial charge in [0, 0.05) is 47.6 Å². The Morgan fingerprint density at radius 3 is 2.50 bits per heavy atom. The third kappa shape index (κ3) is 3.89. The van der Waals surface area contributed by atoms with Crippen LogP contribution in [0.1, 0.15) is 55.6 Å². The van der Waals surface area contributed by atoms with Gasteiger partial charge in [-0.25, -0.2) is 13.2 Å². The fraction of sp³-hybridized carbons (Fsp3) is 0.444. The van der Waals surface area contributed by atoms with Gasteiger partial charge in [0.1, 0.15) is 5.82 Å². The van der Waals surface area contributed by atoms with E-state index in [1.54, 1.807) is 6.92 Å². The molecule has 5 rings (SSSR count). The van der Waals surface area contributed by atoms with Crippen molar-refractivity contribution in [1.82, 2.24) is 15.1 Å². The van der Waals surface area contributed by atoms with Crippen LogP contribution in [0, 0.1) is 18.7 Å². The number of likely N-dealkylation sites (tertiary alicyclic amines) is 1. The van der Waals surface area contributed by atoms with Crippen LogP contribution in [0.2, 0.25) is 0 Å². The first-order valence-corrected chi connectivity index (χ1v) is 12.1. The Hall–Kier alpha value is -3.20. The third-order valence-electron chi connectivity index (χ3n) is 7.52. The standard InChI is InChI=1S/C27H30F3N5O/c1-14(17-7-6-8-18(23(17)28)24(29)30)31-25-20-10-22-21(9-19(20)15(2)32-33-25)27(3,4)26(36)35(22)13-16-11-34(5)12-16/h6-10,14,16,24H,11-13H2,1-5H3,(H,31,33). The molecule has 1 atom stereocenters. The summed E-state index contributed by atoms with van der Waals surface area (Å²) in [5.74, 6) is -0.0407. The first kappa shape index (κ1) is 24.5. The number of amides is 1. The summed E-state index contributed by atoms with van der Waals surface area (Å²) in [5, 5.41) is 13.4. The second kappa shape index (κ2) is 8.73. The number of carbonyl (C=O) groups is 1. The molecular weight excluding hydrogens is 467 g/mol. The highest BCUT2D eigenvalue weighted by Gasteiger charge is 2.45. The number of benzene rings is 2. The van der Waals surface area contributed by atoms with Crippen LogP contribution in [-0.2, 0) is 10.2 Å². The van der Waals surface area contributed by atoms with E-state index >= 15 is 0 Å². The molecule has 1 saturated heterocycles. The Morgan fingerprint density at radius 1 is 1.14 bits per heavy atom. The molecule has 36 heavy (non-hydrogen) atoms. The van der Waals surface area contributed by atoms with Crippen molar-refractivity contribution in [3.8, 4) is 0 Å². The summed E-state index contributed by atoms with van der Waals surface area (Å²) in [7, 11) is 2.06. The van der Waals surface area contributed by atoms with Crippen LogP contribution in [0.3, 0.4) is 0 Å². The van der Waals surface area contributed by atoms with E-state index in [1.165, 1.54) is 12.1 Å². The Kier molecular flexibility index (Phi) is 5.94. The molecule has 0 radical (unpaired) electrons. The minimum Gasteiger partial charge on any atom is -0.361 e. The SMILES string of the molecule is Cc1nnc(NC(C)c2cccc(C(F)F)c2F)c2cc3c(cc12)C(C)(C)C(=O)N3CC1CN(C)C1. The van der Waals surface area contributed by atoms with E-state index in [1.807, 2.05) is 37.8 Å². The number of hydrogen-bond donors (Lipinski definition) is 1. The summed E-state index contributed by atoms with van der Waals surface area (Å²) in [4.78, 5) is 17.5. The van der Waals surface area contributed by atoms with E-state index in [0.29, 0.717) is 24.0 Å². The fourth-order valence-electron chi connectivity index (χ4n) is 5.45. The quantitative estimate of drug-likeness (QED) is 0.496. The van der Waals surface area contributed by atoms with Crippen LogP contribution in [0.15, 0.2) is 30.3 Å². The number of aryl methyl sites for hydroxylation is 1. The molecule has 190 valence electrons. The minimum atomic E-state index is -2.90. The van der Waals surface area contributed by atoms with Crippen molar-refractivity contribution in [1.29, 1.82) is 0 Å². The topological polar surface area (TPSA) is 61.4 Å². The van der Waals surface area contributed by atoms with Gasteiger partial charge in [-0.05, 0) is 52.4 Å². The highest BCUT2D eigenvalue weighted by molar-refractivity contribution is 6.11. The molecule has 3 heterocycles. The van der Waals surface area contributed by atoms with Crippen molar-refractivity contribution in [2.45, 2.75) is 45.6 Å². The molecule has 9 heteroatoms. The number of halogens is 3. The van der Waals surface area contributed by atoms with Crippen molar-refractivity contribution in [2.75, 3.05) is 36.9 Å². The lowest BCUT2D eigenvalue weighted by molar-refractivity contribution is -0.122. The van der Waals surface area contributed by atoms with Gasteiger partial charge in [0.2, 0.25) is 5.91 Å². The summed E-state index contributed by atoms with van der Waals surface area (Å²) in [6.07, 6.45) is -2.90. The molecule has 1 aromatic heterocycles. The van der Waals surface area contributed by atoms with Crippen molar-refractivity contribution < 1.29 is 18.0 Å². The van der Waals surface area contributed by atoms with E-state index in [-0.39, 0.29) is 11.5 Å². The van der Waals surface area contributed by atoms with E-state index in [2.05, 4.69) is 27.5 Å². The monoisotopic (exact) mass is 497 g/mol. The molecule has 1 N–H and O–H groups in total. The van der Waals surface area contributed by atoms with Crippen molar-refractivity contribution in [3.63, 3.8) is 0 Å². The summed E-state index contributed by atoms with van der Waals surface area (Å²) in [5.41, 5.74) is 1.32. The first-order chi connectivity index (χ1) is 17.0. The lowest BCUT2D eigenvalue weighted by Crippen LogP contribution is -2.51. The minimum absolute atomic E-state index is 0.0645. The number of carbonyl (C=O) groups excluding carboxylic acids is 1. The molecule has 2 aliphatic rings. The Bertz CT molecular complexity index is 1350. The van der Waals surface area contributed by atoms with Crippen LogP contribution in [-0.4, -0.2) is 47.7 Å². The summed E-state index contributed by atoms with van der Waals surface area (Å²) in [6.45, 7) is 9.98. The Morgan fingerprint density at radius 2 is 1.83 bits per heavy atom. The molecule has 3 aromatic rings. The fourth-order valence-corrected chi connectivity index (χ4v) is 5.45. The molecule has 0 bridgehead atoms. The van der Waals surface area contributed by atoms with E-state index in [9.17, 15) is 18.0 Å². The number of rotatable bonds is 6. The van der Waals surface area contributed by atoms with E-state index < -0.39 is 29.3 Å². The van der Waals surface area contributed by atoms with Crippen LogP contribution in [0.5, 0.6) is 0 Å². The average molecular weight is 498 g/mol. The molecule has 0 spiro atoms. The second-order valence-corrected chi connectivity index (χ2v) is 10.6. The Labute approximate surface area is 208 Å². The molecule has 0 aliphatic carbocycles. The van der Waals surface area contributed by atoms with Crippen LogP contribution in [0.4, 0.5) is 24.7 Å². The lowest BCUT2D eigenvalue weighted by Gasteiger charge is -2.38. The number of fused-ring (bicyclic) bond motifs is 2. The molecule has 1 amide bonds. The van der Waals surface area contributed by atoms with Crippen molar-refractivity contribution in [2.24, 2.45) is 5.92 Å². The molecule has 1 fully saturated rings. The zero-order valence-electron chi connectivity index (χ0n) is 21.1. The predicted octanol–water partition coefficient (Wildman–Crippen LogP) is 5.37. The normalized spacial score (nSPS) is 18.6. The van der Waals surface area contributed by atoms with Gasteiger partial charge >= 0.3 is 0 Å². The van der Waals surface area contributed by atoms with E-state index in [0.717, 1.165) is 41.2 Å². The highest BCUT2D eigenvalue weighted by atomic mass is 19.3. The number of nitrogens with zero attached hydrogens (tertiary/aromatic N) is 4. The maximum absolute atomic E-state index is 14.8. The number of nitrogens with one attached hydrogen (secondary N) is 1. The lowest BCUT2D eigenvalue weighted by atomic mass is 9.85. The largest absolute Gasteiger partial charge is 0.361 e. The van der Waals surface area contributed by atoms with E-state index in [4.69, 9.17) is 0 Å². The third-order valence-corrected chi connectivity index (χ3v) is 7.52. The van der Waals surface area contributed by atoms with Crippen LogP contribution < -0.4 is 10.2 Å². The average Bonchev–Trinajstić information content (AvgIpc) is 2.99. The smallest absolute Gasteiger partial charge is 0.266 e. The highest BCUT2D eigenvalue weighted by Crippen LogP contribution is 2.45. The van der Waals surface area contributed by atoms with Gasteiger partial charge in [0.05, 0.1) is 22.7 Å². The summed E-state index contributed by atoms with van der Waals surface area (Å²) < 4.78 is 41.3. The van der Waals surface area contributed by atoms with Gasteiger partial charge in [0.15, 0.2) is 5.82 Å². The maximum atomic E-state index is 14.8.